The molecular formula is C31H28ClNO10. The van der Waals surface area contributed by atoms with Crippen LogP contribution in [0.4, 0.5) is 0 Å². The Morgan fingerprint density at radius 1 is 1.00 bits per heavy atom. The van der Waals surface area contributed by atoms with Crippen molar-refractivity contribution in [2.75, 3.05) is 21.0 Å². The zero-order chi connectivity index (χ0) is 30.5. The van der Waals surface area contributed by atoms with E-state index in [9.17, 15) is 24.3 Å². The fraction of sp³-hybridized carbons (Fsp3) is 0.419. The summed E-state index contributed by atoms with van der Waals surface area (Å²) in [5, 5.41) is 10.9. The summed E-state index contributed by atoms with van der Waals surface area (Å²) in [5.74, 6) is -0.956. The van der Waals surface area contributed by atoms with E-state index in [2.05, 4.69) is 0 Å². The second-order valence-electron chi connectivity index (χ2n) is 11.1. The average molecular weight is 610 g/mol. The number of carbonyl (C=O) groups excluding carboxylic acids is 2. The predicted molar refractivity (Wildman–Crippen MR) is 153 cm³/mol. The zero-order valence-electron chi connectivity index (χ0n) is 23.9. The molecule has 12 heteroatoms. The molecule has 224 valence electrons. The number of carbonyl (C=O) groups is 2. The van der Waals surface area contributed by atoms with Gasteiger partial charge < -0.3 is 33.0 Å². The van der Waals surface area contributed by atoms with Gasteiger partial charge in [0.05, 0.1) is 36.5 Å². The molecule has 3 heterocycles. The summed E-state index contributed by atoms with van der Waals surface area (Å²) in [5.41, 5.74) is -0.109. The van der Waals surface area contributed by atoms with Gasteiger partial charge in [0, 0.05) is 41.4 Å². The monoisotopic (exact) mass is 609 g/mol. The number of aliphatic hydroxyl groups is 1. The van der Waals surface area contributed by atoms with E-state index in [0.29, 0.717) is 24.1 Å². The summed E-state index contributed by atoms with van der Waals surface area (Å²) >= 11 is 6.71. The number of aromatic nitrogens is 1. The van der Waals surface area contributed by atoms with Crippen LogP contribution in [-0.2, 0) is 29.4 Å². The van der Waals surface area contributed by atoms with Crippen molar-refractivity contribution in [3.8, 4) is 11.5 Å². The van der Waals surface area contributed by atoms with Gasteiger partial charge in [-0.15, -0.1) is 0 Å². The van der Waals surface area contributed by atoms with Crippen LogP contribution in [0.15, 0.2) is 19.6 Å². The van der Waals surface area contributed by atoms with Crippen molar-refractivity contribution < 1.29 is 38.1 Å². The molecule has 0 radical (unpaired) electrons. The molecule has 1 fully saturated rings. The lowest BCUT2D eigenvalue weighted by molar-refractivity contribution is 0.0231. The Hall–Kier alpha value is -3.77. The maximum Gasteiger partial charge on any atom is 0.262 e. The molecule has 11 nitrogen and oxygen atoms in total. The lowest BCUT2D eigenvalue weighted by Gasteiger charge is -2.31. The number of benzene rings is 1. The number of pyridine rings is 1. The number of nitrogens with zero attached hydrogens (tertiary/aromatic N) is 1. The molecule has 0 spiro atoms. The average Bonchev–Trinajstić information content (AvgIpc) is 3.46. The minimum absolute atomic E-state index is 0.000188. The smallest absolute Gasteiger partial charge is 0.262 e. The third kappa shape index (κ3) is 3.59. The second-order valence-corrected chi connectivity index (χ2v) is 11.5. The number of aliphatic hydroxyl groups excluding tert-OH is 1. The molecule has 0 unspecified atom stereocenters. The first-order valence-corrected chi connectivity index (χ1v) is 14.5. The number of hydrogen-bond donors (Lipinski definition) is 1. The molecule has 1 N–H and O–H groups in total. The molecule has 1 saturated heterocycles. The van der Waals surface area contributed by atoms with Gasteiger partial charge in [0.2, 0.25) is 11.2 Å². The van der Waals surface area contributed by atoms with E-state index in [0.717, 1.165) is 0 Å². The number of Topliss-reactive ketones (excluding diaryl/α,β-unsaturated/α-hetero) is 2. The molecule has 3 atom stereocenters. The van der Waals surface area contributed by atoms with Gasteiger partial charge in [0.1, 0.15) is 41.5 Å². The van der Waals surface area contributed by atoms with Crippen LogP contribution in [0.5, 0.6) is 11.5 Å². The molecule has 2 aromatic heterocycles. The van der Waals surface area contributed by atoms with Crippen molar-refractivity contribution in [2.24, 2.45) is 7.05 Å². The highest BCUT2D eigenvalue weighted by Gasteiger charge is 2.46. The van der Waals surface area contributed by atoms with Crippen LogP contribution in [-0.4, -0.2) is 48.4 Å². The van der Waals surface area contributed by atoms with E-state index < -0.39 is 40.9 Å². The van der Waals surface area contributed by atoms with E-state index in [1.54, 1.807) is 0 Å². The van der Waals surface area contributed by atoms with Gasteiger partial charge in [-0.25, -0.2) is 0 Å². The summed E-state index contributed by atoms with van der Waals surface area (Å²) in [7, 11) is 4.27. The fourth-order valence-corrected chi connectivity index (χ4v) is 7.48. The summed E-state index contributed by atoms with van der Waals surface area (Å²) in [6.07, 6.45) is -0.726. The van der Waals surface area contributed by atoms with Crippen LogP contribution < -0.4 is 20.5 Å². The van der Waals surface area contributed by atoms with Gasteiger partial charge in [-0.05, 0) is 19.3 Å². The first-order valence-electron chi connectivity index (χ1n) is 14.1. The number of allylic oxidation sites excluding steroid dienone is 2. The van der Waals surface area contributed by atoms with Gasteiger partial charge in [-0.2, -0.15) is 0 Å². The molecular weight excluding hydrogens is 582 g/mol. The largest absolute Gasteiger partial charge is 0.495 e. The molecule has 1 aliphatic heterocycles. The van der Waals surface area contributed by atoms with Gasteiger partial charge in [0.25, 0.3) is 5.56 Å². The fourth-order valence-electron chi connectivity index (χ4n) is 7.08. The number of hydrogen-bond acceptors (Lipinski definition) is 10. The first kappa shape index (κ1) is 28.0. The number of ether oxygens (including phenoxy) is 4. The number of fused-ring (bicyclic) bond motifs is 7. The normalized spacial score (nSPS) is 22.2. The first-order chi connectivity index (χ1) is 20.7. The number of halogens is 1. The van der Waals surface area contributed by atoms with Crippen LogP contribution in [0, 0.1) is 0 Å². The Balaban J connectivity index is 1.56. The van der Waals surface area contributed by atoms with Gasteiger partial charge in [0.15, 0.2) is 17.1 Å². The minimum Gasteiger partial charge on any atom is -0.495 e. The van der Waals surface area contributed by atoms with E-state index in [1.807, 2.05) is 6.92 Å². The Bertz CT molecular complexity index is 1950. The van der Waals surface area contributed by atoms with E-state index >= 15 is 0 Å². The predicted octanol–water partition coefficient (Wildman–Crippen LogP) is 3.74. The molecule has 4 aliphatic rings. The molecule has 0 bridgehead atoms. The number of methoxy groups -OCH3 is 2. The van der Waals surface area contributed by atoms with Crippen LogP contribution in [0.1, 0.15) is 87.3 Å². The second kappa shape index (κ2) is 9.88. The minimum atomic E-state index is -1.12. The third-order valence-electron chi connectivity index (χ3n) is 9.00. The van der Waals surface area contributed by atoms with Crippen molar-refractivity contribution in [1.82, 2.24) is 4.57 Å². The number of ketones is 2. The van der Waals surface area contributed by atoms with Crippen molar-refractivity contribution in [1.29, 1.82) is 0 Å². The molecule has 43 heavy (non-hydrogen) atoms. The van der Waals surface area contributed by atoms with Crippen molar-refractivity contribution >= 4 is 39.7 Å². The highest BCUT2D eigenvalue weighted by Crippen LogP contribution is 2.52. The summed E-state index contributed by atoms with van der Waals surface area (Å²) < 4.78 is 30.4. The quantitative estimate of drug-likeness (QED) is 0.464. The van der Waals surface area contributed by atoms with Crippen LogP contribution >= 0.6 is 11.6 Å². The topological polar surface area (TPSA) is 144 Å². The lowest BCUT2D eigenvalue weighted by Crippen LogP contribution is -2.36. The molecule has 0 amide bonds. The zero-order valence-corrected chi connectivity index (χ0v) is 24.7. The van der Waals surface area contributed by atoms with Crippen molar-refractivity contribution in [3.63, 3.8) is 0 Å². The molecule has 3 aromatic rings. The van der Waals surface area contributed by atoms with Crippen LogP contribution in [0.3, 0.4) is 0 Å². The standard InChI is InChI=1S/C31H28ClNO10/c1-5-6-13-22(32)18-19(31(38)33(13)2)24(36)16-11(23(18)35)7-8-12-17(16)29(40-4)21-25(37)20-27(43-30(21)26(12)39-3)14(34)9-15-28(20)42-10-41-15/h14-15,28,34H,5-10H2,1-4H3/t14-,15-,28-/m1/s1. The lowest BCUT2D eigenvalue weighted by atomic mass is 9.73. The highest BCUT2D eigenvalue weighted by atomic mass is 35.5. The molecule has 3 aliphatic carbocycles. The van der Waals surface area contributed by atoms with Gasteiger partial charge in [-0.1, -0.05) is 24.9 Å². The SMILES string of the molecule is CCCc1c(Cl)c2c(c(=O)n1C)C(=O)C1=C(CCc3c1c(OC)c1c(=O)c4c(oc1c3OC)[C@H](O)C[C@H]1OCO[C@@H]41)C2=O. The highest BCUT2D eigenvalue weighted by molar-refractivity contribution is 6.45. The Kier molecular flexibility index (Phi) is 6.44. The van der Waals surface area contributed by atoms with E-state index in [1.165, 1.54) is 25.8 Å². The number of rotatable bonds is 4. The van der Waals surface area contributed by atoms with Gasteiger partial charge in [-0.3, -0.25) is 19.2 Å². The molecule has 1 aromatic carbocycles. The third-order valence-corrected chi connectivity index (χ3v) is 9.40. The van der Waals surface area contributed by atoms with Crippen LogP contribution in [0.25, 0.3) is 16.5 Å². The van der Waals surface area contributed by atoms with Crippen LogP contribution in [0.2, 0.25) is 5.02 Å². The maximum atomic E-state index is 14.3. The van der Waals surface area contributed by atoms with E-state index in [-0.39, 0.29) is 92.7 Å². The van der Waals surface area contributed by atoms with Gasteiger partial charge >= 0.3 is 0 Å². The Morgan fingerprint density at radius 3 is 2.44 bits per heavy atom. The summed E-state index contributed by atoms with van der Waals surface area (Å²) in [6, 6.07) is 0. The summed E-state index contributed by atoms with van der Waals surface area (Å²) in [4.78, 5) is 56.2. The molecule has 0 saturated carbocycles. The Labute approximate surface area is 249 Å². The van der Waals surface area contributed by atoms with E-state index in [4.69, 9.17) is 35.0 Å². The molecule has 7 rings (SSSR count). The summed E-state index contributed by atoms with van der Waals surface area (Å²) in [6.45, 7) is 1.88. The van der Waals surface area contributed by atoms with Crippen molar-refractivity contribution in [3.05, 3.63) is 70.4 Å². The maximum absolute atomic E-state index is 14.3. The Morgan fingerprint density at radius 2 is 1.74 bits per heavy atom. The van der Waals surface area contributed by atoms with Crippen molar-refractivity contribution in [2.45, 2.75) is 57.3 Å².